The van der Waals surface area contributed by atoms with Crippen LogP contribution in [-0.4, -0.2) is 57.7 Å². The van der Waals surface area contributed by atoms with Gasteiger partial charge in [0.15, 0.2) is 0 Å². The van der Waals surface area contributed by atoms with Gasteiger partial charge in [-0.1, -0.05) is 19.9 Å². The van der Waals surface area contributed by atoms with Crippen LogP contribution < -0.4 is 5.32 Å². The molecule has 1 aromatic carbocycles. The number of nitrogens with zero attached hydrogens (tertiary/aromatic N) is 2. The lowest BCUT2D eigenvalue weighted by Gasteiger charge is -2.36. The average molecular weight is 461 g/mol. The molecule has 0 unspecified atom stereocenters. The number of aliphatic hydroxyl groups is 1. The number of fused-ring (bicyclic) bond motifs is 1. The number of pyridine rings is 1. The Labute approximate surface area is 201 Å². The van der Waals surface area contributed by atoms with Gasteiger partial charge >= 0.3 is 0 Å². The topological polar surface area (TPSA) is 81.2 Å². The van der Waals surface area contributed by atoms with Crippen molar-refractivity contribution in [2.75, 3.05) is 19.6 Å². The van der Waals surface area contributed by atoms with E-state index < -0.39 is 0 Å². The van der Waals surface area contributed by atoms with Crippen LogP contribution in [0, 0.1) is 6.92 Å². The highest BCUT2D eigenvalue weighted by molar-refractivity contribution is 5.92. The third-order valence-electron chi connectivity index (χ3n) is 7.58. The Kier molecular flexibility index (Phi) is 6.45. The molecule has 34 heavy (non-hydrogen) atoms. The monoisotopic (exact) mass is 460 g/mol. The van der Waals surface area contributed by atoms with Gasteiger partial charge < -0.3 is 20.3 Å². The molecule has 2 saturated heterocycles. The van der Waals surface area contributed by atoms with Crippen molar-refractivity contribution in [1.29, 1.82) is 0 Å². The summed E-state index contributed by atoms with van der Waals surface area (Å²) in [5, 5.41) is 14.5. The number of nitrogens with one attached hydrogen (secondary N) is 2. The van der Waals surface area contributed by atoms with Crippen LogP contribution in [0.15, 0.2) is 36.5 Å². The van der Waals surface area contributed by atoms with Crippen molar-refractivity contribution in [1.82, 2.24) is 20.2 Å². The van der Waals surface area contributed by atoms with Gasteiger partial charge in [-0.25, -0.2) is 0 Å². The van der Waals surface area contributed by atoms with E-state index in [0.29, 0.717) is 24.8 Å². The molecule has 6 nitrogen and oxygen atoms in total. The van der Waals surface area contributed by atoms with E-state index in [-0.39, 0.29) is 18.1 Å². The van der Waals surface area contributed by atoms with Crippen LogP contribution >= 0.6 is 0 Å². The van der Waals surface area contributed by atoms with Crippen molar-refractivity contribution in [3.63, 3.8) is 0 Å². The maximum absolute atomic E-state index is 12.9. The minimum absolute atomic E-state index is 0.151. The van der Waals surface area contributed by atoms with Crippen LogP contribution in [0.3, 0.4) is 0 Å². The van der Waals surface area contributed by atoms with Gasteiger partial charge in [-0.2, -0.15) is 0 Å². The second-order valence-corrected chi connectivity index (χ2v) is 10.3. The first kappa shape index (κ1) is 23.1. The summed E-state index contributed by atoms with van der Waals surface area (Å²) in [4.78, 5) is 23.0. The molecule has 2 atom stereocenters. The normalized spacial score (nSPS) is 22.0. The quantitative estimate of drug-likeness (QED) is 0.536. The van der Waals surface area contributed by atoms with Gasteiger partial charge in [0.2, 0.25) is 5.91 Å². The number of aliphatic hydroxyl groups excluding tert-OH is 1. The number of benzene rings is 1. The first-order chi connectivity index (χ1) is 16.4. The summed E-state index contributed by atoms with van der Waals surface area (Å²) in [6.45, 7) is 8.82. The highest BCUT2D eigenvalue weighted by Crippen LogP contribution is 2.38. The van der Waals surface area contributed by atoms with Gasteiger partial charge in [-0.15, -0.1) is 0 Å². The lowest BCUT2D eigenvalue weighted by molar-refractivity contribution is -0.136. The van der Waals surface area contributed by atoms with E-state index in [1.54, 1.807) is 0 Å². The molecule has 6 heteroatoms. The number of aryl methyl sites for hydroxylation is 1. The minimum atomic E-state index is -0.364. The van der Waals surface area contributed by atoms with Gasteiger partial charge in [0.25, 0.3) is 0 Å². The van der Waals surface area contributed by atoms with E-state index in [4.69, 9.17) is 0 Å². The number of aromatic amines is 1. The number of carbonyl (C=O) groups excluding carboxylic acids is 1. The molecule has 0 spiro atoms. The van der Waals surface area contributed by atoms with Crippen LogP contribution in [0.1, 0.15) is 68.2 Å². The number of likely N-dealkylation sites (tertiary alicyclic amines) is 1. The van der Waals surface area contributed by atoms with E-state index in [2.05, 4.69) is 59.5 Å². The molecule has 1 amide bonds. The highest BCUT2D eigenvalue weighted by atomic mass is 16.3. The fraction of sp³-hybridized carbons (Fsp3) is 0.500. The number of piperidine rings is 2. The van der Waals surface area contributed by atoms with E-state index in [9.17, 15) is 9.90 Å². The zero-order valence-electron chi connectivity index (χ0n) is 20.5. The second-order valence-electron chi connectivity index (χ2n) is 10.3. The molecular formula is C28H36N4O2. The molecule has 2 aromatic heterocycles. The van der Waals surface area contributed by atoms with Gasteiger partial charge in [0.1, 0.15) is 0 Å². The first-order valence-electron chi connectivity index (χ1n) is 12.7. The Morgan fingerprint density at radius 2 is 1.94 bits per heavy atom. The van der Waals surface area contributed by atoms with Crippen LogP contribution in [0.25, 0.3) is 22.2 Å². The third-order valence-corrected chi connectivity index (χ3v) is 7.58. The van der Waals surface area contributed by atoms with Gasteiger partial charge in [0, 0.05) is 41.4 Å². The van der Waals surface area contributed by atoms with E-state index >= 15 is 0 Å². The molecule has 4 heterocycles. The Bertz CT molecular complexity index is 1180. The second kappa shape index (κ2) is 9.51. The van der Waals surface area contributed by atoms with Crippen LogP contribution in [0.5, 0.6) is 0 Å². The first-order valence-corrected chi connectivity index (χ1v) is 12.7. The largest absolute Gasteiger partial charge is 0.393 e. The fourth-order valence-corrected chi connectivity index (χ4v) is 5.75. The SMILES string of the molecule is Cc1cc(-c2[nH]c3ccc(C4CCN(C(=O)[C@@H]5C[C@H](O)CCN5)CC4)cc3c2C(C)C)ccn1. The molecule has 0 saturated carbocycles. The summed E-state index contributed by atoms with van der Waals surface area (Å²) in [5.41, 5.74) is 7.29. The van der Waals surface area contributed by atoms with Gasteiger partial charge in [0.05, 0.1) is 17.8 Å². The predicted octanol–water partition coefficient (Wildman–Crippen LogP) is 4.48. The molecule has 2 aliphatic rings. The molecule has 2 aliphatic heterocycles. The highest BCUT2D eigenvalue weighted by Gasteiger charge is 2.32. The van der Waals surface area contributed by atoms with Crippen molar-refractivity contribution in [3.05, 3.63) is 53.3 Å². The number of aromatic nitrogens is 2. The molecule has 0 radical (unpaired) electrons. The lowest BCUT2D eigenvalue weighted by Crippen LogP contribution is -2.52. The minimum Gasteiger partial charge on any atom is -0.393 e. The Morgan fingerprint density at radius 3 is 2.65 bits per heavy atom. The van der Waals surface area contributed by atoms with Crippen LogP contribution in [0.2, 0.25) is 0 Å². The van der Waals surface area contributed by atoms with Gasteiger partial charge in [-0.05, 0) is 86.4 Å². The van der Waals surface area contributed by atoms with E-state index in [0.717, 1.165) is 38.0 Å². The summed E-state index contributed by atoms with van der Waals surface area (Å²) in [6, 6.07) is 10.8. The predicted molar refractivity (Wildman–Crippen MR) is 136 cm³/mol. The zero-order chi connectivity index (χ0) is 23.8. The molecule has 3 aromatic rings. The number of rotatable bonds is 4. The molecule has 2 fully saturated rings. The van der Waals surface area contributed by atoms with Crippen molar-refractivity contribution in [2.24, 2.45) is 0 Å². The summed E-state index contributed by atoms with van der Waals surface area (Å²) in [5.74, 6) is 1.00. The molecule has 3 N–H and O–H groups in total. The lowest BCUT2D eigenvalue weighted by atomic mass is 9.87. The Balaban J connectivity index is 1.36. The molecule has 0 bridgehead atoms. The van der Waals surface area contributed by atoms with Crippen LogP contribution in [0.4, 0.5) is 0 Å². The average Bonchev–Trinajstić information content (AvgIpc) is 3.23. The zero-order valence-corrected chi connectivity index (χ0v) is 20.5. The summed E-state index contributed by atoms with van der Waals surface area (Å²) < 4.78 is 0. The molecule has 0 aliphatic carbocycles. The van der Waals surface area contributed by atoms with Crippen molar-refractivity contribution in [2.45, 2.75) is 70.4 Å². The number of H-pyrrole nitrogens is 1. The van der Waals surface area contributed by atoms with Crippen molar-refractivity contribution < 1.29 is 9.90 Å². The maximum Gasteiger partial charge on any atom is 0.239 e. The molecular weight excluding hydrogens is 424 g/mol. The summed E-state index contributed by atoms with van der Waals surface area (Å²) in [7, 11) is 0. The standard InChI is InChI=1S/C28H36N4O2/c1-17(2)26-23-15-20(4-5-24(23)31-27(26)21-6-10-29-18(3)14-21)19-8-12-32(13-9-19)28(34)25-16-22(33)7-11-30-25/h4-6,10,14-15,17,19,22,25,30-31,33H,7-9,11-13,16H2,1-3H3/t22-,25+/m1/s1. The van der Waals surface area contributed by atoms with Crippen LogP contribution in [-0.2, 0) is 4.79 Å². The number of hydrogen-bond acceptors (Lipinski definition) is 4. The smallest absolute Gasteiger partial charge is 0.239 e. The summed E-state index contributed by atoms with van der Waals surface area (Å²) >= 11 is 0. The number of hydrogen-bond donors (Lipinski definition) is 3. The third kappa shape index (κ3) is 4.49. The summed E-state index contributed by atoms with van der Waals surface area (Å²) in [6.07, 6.45) is 4.73. The van der Waals surface area contributed by atoms with Gasteiger partial charge in [-0.3, -0.25) is 9.78 Å². The molecule has 5 rings (SSSR count). The number of carbonyl (C=O) groups is 1. The number of amides is 1. The fourth-order valence-electron chi connectivity index (χ4n) is 5.75. The maximum atomic E-state index is 12.9. The Hall–Kier alpha value is -2.70. The van der Waals surface area contributed by atoms with Crippen molar-refractivity contribution in [3.8, 4) is 11.3 Å². The van der Waals surface area contributed by atoms with Crippen molar-refractivity contribution >= 4 is 16.8 Å². The van der Waals surface area contributed by atoms with E-state index in [1.807, 2.05) is 18.0 Å². The molecule has 180 valence electrons. The Morgan fingerprint density at radius 1 is 1.15 bits per heavy atom. The van der Waals surface area contributed by atoms with E-state index in [1.165, 1.54) is 33.3 Å².